The van der Waals surface area contributed by atoms with Crippen LogP contribution in [0.4, 0.5) is 0 Å². The predicted octanol–water partition coefficient (Wildman–Crippen LogP) is 3.76. The van der Waals surface area contributed by atoms with E-state index in [1.54, 1.807) is 0 Å². The van der Waals surface area contributed by atoms with Crippen molar-refractivity contribution in [1.29, 1.82) is 0 Å². The van der Waals surface area contributed by atoms with Gasteiger partial charge in [-0.15, -0.1) is 0 Å². The highest BCUT2D eigenvalue weighted by Gasteiger charge is 2.10. The van der Waals surface area contributed by atoms with E-state index in [9.17, 15) is 0 Å². The molecule has 0 fully saturated rings. The molecule has 1 aromatic carbocycles. The Balaban J connectivity index is 2.09. The number of ether oxygens (including phenoxy) is 1. The van der Waals surface area contributed by atoms with Crippen molar-refractivity contribution in [2.45, 2.75) is 52.8 Å². The Morgan fingerprint density at radius 1 is 1.29 bits per heavy atom. The van der Waals surface area contributed by atoms with Gasteiger partial charge in [-0.3, -0.25) is 4.68 Å². The minimum absolute atomic E-state index is 0.0433. The van der Waals surface area contributed by atoms with Crippen LogP contribution < -0.4 is 10.5 Å². The zero-order valence-electron chi connectivity index (χ0n) is 13.3. The molecule has 2 atom stereocenters. The van der Waals surface area contributed by atoms with Gasteiger partial charge in [0.05, 0.1) is 5.69 Å². The van der Waals surface area contributed by atoms with Crippen molar-refractivity contribution in [3.63, 3.8) is 0 Å². The zero-order valence-corrected chi connectivity index (χ0v) is 13.3. The summed E-state index contributed by atoms with van der Waals surface area (Å²) in [6.45, 7) is 8.80. The van der Waals surface area contributed by atoms with E-state index in [2.05, 4.69) is 31.9 Å². The molecule has 1 heterocycles. The van der Waals surface area contributed by atoms with Crippen LogP contribution in [0.15, 0.2) is 30.5 Å². The van der Waals surface area contributed by atoms with Gasteiger partial charge >= 0.3 is 0 Å². The predicted molar refractivity (Wildman–Crippen MR) is 85.3 cm³/mol. The lowest BCUT2D eigenvalue weighted by Crippen LogP contribution is -2.09. The van der Waals surface area contributed by atoms with E-state index in [1.165, 1.54) is 5.56 Å². The maximum Gasteiger partial charge on any atom is 0.132 e. The van der Waals surface area contributed by atoms with Crippen LogP contribution in [-0.2, 0) is 6.61 Å². The van der Waals surface area contributed by atoms with Crippen LogP contribution in [0.3, 0.4) is 0 Å². The fraction of sp³-hybridized carbons (Fsp3) is 0.471. The van der Waals surface area contributed by atoms with E-state index in [0.29, 0.717) is 12.6 Å². The van der Waals surface area contributed by atoms with Gasteiger partial charge in [0.25, 0.3) is 0 Å². The van der Waals surface area contributed by atoms with Gasteiger partial charge in [-0.25, -0.2) is 0 Å². The molecule has 4 nitrogen and oxygen atoms in total. The lowest BCUT2D eigenvalue weighted by atomic mass is 10.1. The summed E-state index contributed by atoms with van der Waals surface area (Å²) in [4.78, 5) is 0. The Bertz CT molecular complexity index is 589. The minimum Gasteiger partial charge on any atom is -0.487 e. The SMILES string of the molecule is CCC(C)n1ccc(COc2cc(C)ccc2[C@H](C)N)n1. The fourth-order valence-corrected chi connectivity index (χ4v) is 2.18. The number of benzene rings is 1. The molecule has 0 aliphatic rings. The third kappa shape index (κ3) is 3.85. The van der Waals surface area contributed by atoms with Crippen molar-refractivity contribution in [2.75, 3.05) is 0 Å². The summed E-state index contributed by atoms with van der Waals surface area (Å²) in [5, 5.41) is 4.55. The van der Waals surface area contributed by atoms with E-state index >= 15 is 0 Å². The van der Waals surface area contributed by atoms with Crippen molar-refractivity contribution in [3.05, 3.63) is 47.3 Å². The first-order valence-electron chi connectivity index (χ1n) is 7.54. The molecule has 21 heavy (non-hydrogen) atoms. The van der Waals surface area contributed by atoms with Crippen molar-refractivity contribution in [1.82, 2.24) is 9.78 Å². The first kappa shape index (κ1) is 15.6. The monoisotopic (exact) mass is 287 g/mol. The smallest absolute Gasteiger partial charge is 0.132 e. The largest absolute Gasteiger partial charge is 0.487 e. The van der Waals surface area contributed by atoms with E-state index in [1.807, 2.05) is 36.0 Å². The number of aryl methyl sites for hydroxylation is 1. The van der Waals surface area contributed by atoms with Gasteiger partial charge in [0.1, 0.15) is 12.4 Å². The number of rotatable bonds is 6. The second-order valence-electron chi connectivity index (χ2n) is 5.66. The standard InChI is InChI=1S/C17H25N3O/c1-5-13(3)20-9-8-15(19-20)11-21-17-10-12(2)6-7-16(17)14(4)18/h6-10,13-14H,5,11,18H2,1-4H3/t13?,14-/m0/s1. The normalized spacial score (nSPS) is 14.0. The van der Waals surface area contributed by atoms with Crippen molar-refractivity contribution in [2.24, 2.45) is 5.73 Å². The highest BCUT2D eigenvalue weighted by Crippen LogP contribution is 2.25. The summed E-state index contributed by atoms with van der Waals surface area (Å²) in [5.74, 6) is 0.850. The first-order valence-corrected chi connectivity index (χ1v) is 7.54. The average Bonchev–Trinajstić information content (AvgIpc) is 2.93. The summed E-state index contributed by atoms with van der Waals surface area (Å²) >= 11 is 0. The molecule has 0 spiro atoms. The number of aromatic nitrogens is 2. The fourth-order valence-electron chi connectivity index (χ4n) is 2.18. The molecule has 0 amide bonds. The molecule has 4 heteroatoms. The highest BCUT2D eigenvalue weighted by molar-refractivity contribution is 5.39. The Kier molecular flexibility index (Phi) is 5.02. The molecule has 0 aliphatic heterocycles. The number of nitrogens with zero attached hydrogens (tertiary/aromatic N) is 2. The van der Waals surface area contributed by atoms with Crippen LogP contribution in [0.5, 0.6) is 5.75 Å². The van der Waals surface area contributed by atoms with Crippen molar-refractivity contribution in [3.8, 4) is 5.75 Å². The molecular formula is C17H25N3O. The van der Waals surface area contributed by atoms with Gasteiger partial charge in [-0.2, -0.15) is 5.10 Å². The number of hydrogen-bond donors (Lipinski definition) is 1. The van der Waals surface area contributed by atoms with Gasteiger partial charge in [0.2, 0.25) is 0 Å². The van der Waals surface area contributed by atoms with Crippen LogP contribution in [0.25, 0.3) is 0 Å². The van der Waals surface area contributed by atoms with Crippen LogP contribution in [0.2, 0.25) is 0 Å². The summed E-state index contributed by atoms with van der Waals surface area (Å²) in [6.07, 6.45) is 3.07. The molecule has 1 unspecified atom stereocenters. The Morgan fingerprint density at radius 2 is 2.05 bits per heavy atom. The van der Waals surface area contributed by atoms with Crippen molar-refractivity contribution >= 4 is 0 Å². The van der Waals surface area contributed by atoms with Crippen LogP contribution in [0.1, 0.15) is 56.1 Å². The van der Waals surface area contributed by atoms with Gasteiger partial charge < -0.3 is 10.5 Å². The van der Waals surface area contributed by atoms with Gasteiger partial charge in [-0.1, -0.05) is 19.1 Å². The van der Waals surface area contributed by atoms with Crippen molar-refractivity contribution < 1.29 is 4.74 Å². The molecule has 1 aromatic heterocycles. The molecule has 2 rings (SSSR count). The quantitative estimate of drug-likeness (QED) is 0.880. The molecule has 0 saturated heterocycles. The lowest BCUT2D eigenvalue weighted by molar-refractivity contribution is 0.293. The Labute approximate surface area is 126 Å². The maximum atomic E-state index is 6.00. The second kappa shape index (κ2) is 6.76. The third-order valence-corrected chi connectivity index (χ3v) is 3.74. The molecule has 0 radical (unpaired) electrons. The highest BCUT2D eigenvalue weighted by atomic mass is 16.5. The number of hydrogen-bond acceptors (Lipinski definition) is 3. The zero-order chi connectivity index (χ0) is 15.4. The molecule has 0 saturated carbocycles. The maximum absolute atomic E-state index is 6.00. The Hall–Kier alpha value is -1.81. The average molecular weight is 287 g/mol. The summed E-state index contributed by atoms with van der Waals surface area (Å²) in [5.41, 5.74) is 9.13. The van der Waals surface area contributed by atoms with E-state index in [4.69, 9.17) is 10.5 Å². The molecule has 0 bridgehead atoms. The lowest BCUT2D eigenvalue weighted by Gasteiger charge is -2.14. The molecular weight excluding hydrogens is 262 g/mol. The van der Waals surface area contributed by atoms with E-state index in [-0.39, 0.29) is 6.04 Å². The second-order valence-corrected chi connectivity index (χ2v) is 5.66. The van der Waals surface area contributed by atoms with Crippen LogP contribution in [-0.4, -0.2) is 9.78 Å². The Morgan fingerprint density at radius 3 is 2.71 bits per heavy atom. The summed E-state index contributed by atoms with van der Waals surface area (Å²) in [7, 11) is 0. The topological polar surface area (TPSA) is 53.1 Å². The summed E-state index contributed by atoms with van der Waals surface area (Å²) in [6, 6.07) is 8.50. The summed E-state index contributed by atoms with van der Waals surface area (Å²) < 4.78 is 7.92. The third-order valence-electron chi connectivity index (χ3n) is 3.74. The number of nitrogens with two attached hydrogens (primary N) is 1. The molecule has 114 valence electrons. The molecule has 0 aliphatic carbocycles. The van der Waals surface area contributed by atoms with Crippen LogP contribution >= 0.6 is 0 Å². The van der Waals surface area contributed by atoms with Gasteiger partial charge in [0.15, 0.2) is 0 Å². The molecule has 2 aromatic rings. The van der Waals surface area contributed by atoms with Crippen LogP contribution in [0, 0.1) is 6.92 Å². The van der Waals surface area contributed by atoms with E-state index in [0.717, 1.165) is 23.4 Å². The van der Waals surface area contributed by atoms with E-state index < -0.39 is 0 Å². The minimum atomic E-state index is -0.0433. The van der Waals surface area contributed by atoms with Gasteiger partial charge in [0, 0.05) is 23.8 Å². The first-order chi connectivity index (χ1) is 10.0. The van der Waals surface area contributed by atoms with Gasteiger partial charge in [-0.05, 0) is 44.9 Å². The molecule has 2 N–H and O–H groups in total.